The van der Waals surface area contributed by atoms with E-state index in [0.717, 1.165) is 37.4 Å². The van der Waals surface area contributed by atoms with Gasteiger partial charge in [-0.1, -0.05) is 21.4 Å². The summed E-state index contributed by atoms with van der Waals surface area (Å²) in [5.74, 6) is 0.770. The molecular weight excluding hydrogens is 502 g/mol. The van der Waals surface area contributed by atoms with E-state index < -0.39 is 5.41 Å². The summed E-state index contributed by atoms with van der Waals surface area (Å²) in [6, 6.07) is 11.8. The second kappa shape index (κ2) is 9.60. The number of benzene rings is 1. The number of rotatable bonds is 6. The summed E-state index contributed by atoms with van der Waals surface area (Å²) in [4.78, 5) is 31.7. The topological polar surface area (TPSA) is 84.1 Å². The molecule has 9 nitrogen and oxygen atoms in total. The van der Waals surface area contributed by atoms with E-state index in [2.05, 4.69) is 60.1 Å². The van der Waals surface area contributed by atoms with Gasteiger partial charge in [0.05, 0.1) is 12.2 Å². The lowest BCUT2D eigenvalue weighted by molar-refractivity contribution is 0.287. The van der Waals surface area contributed by atoms with Gasteiger partial charge in [0.1, 0.15) is 5.39 Å². The number of anilines is 3. The van der Waals surface area contributed by atoms with Crippen molar-refractivity contribution < 1.29 is 4.39 Å². The maximum absolute atomic E-state index is 15.1. The first-order valence-electron chi connectivity index (χ1n) is 12.7. The minimum atomic E-state index is -1.59. The monoisotopic (exact) mass is 532 g/mol. The standard InChI is InChI=1S/C27H30FN8OP/c1-3-12-35-25(37)21-17-29-26(30-19-5-7-20(8-6-19)34-15-13-33(2)14-16-34)32-24(21)36(35)22-9-4-18-10-11-27(28,38)23(18)31-22/h3-9,17H,1,10-16,38H2,2H3,(H,29,30,32). The van der Waals surface area contributed by atoms with Crippen molar-refractivity contribution in [3.63, 3.8) is 0 Å². The van der Waals surface area contributed by atoms with Crippen molar-refractivity contribution in [3.05, 3.63) is 76.9 Å². The highest BCUT2D eigenvalue weighted by Crippen LogP contribution is 2.44. The van der Waals surface area contributed by atoms with E-state index in [4.69, 9.17) is 4.98 Å². The van der Waals surface area contributed by atoms with Crippen molar-refractivity contribution in [3.8, 4) is 5.82 Å². The fourth-order valence-corrected chi connectivity index (χ4v) is 5.54. The van der Waals surface area contributed by atoms with Crippen molar-refractivity contribution in [1.29, 1.82) is 0 Å². The molecule has 0 spiro atoms. The molecule has 2 unspecified atom stereocenters. The maximum Gasteiger partial charge on any atom is 0.278 e. The number of aromatic nitrogens is 5. The summed E-state index contributed by atoms with van der Waals surface area (Å²) in [6.07, 6.45) is 4.13. The molecule has 2 aliphatic rings. The van der Waals surface area contributed by atoms with Gasteiger partial charge in [-0.25, -0.2) is 23.7 Å². The average Bonchev–Trinajstić information content (AvgIpc) is 3.37. The lowest BCUT2D eigenvalue weighted by Gasteiger charge is -2.34. The van der Waals surface area contributed by atoms with Crippen LogP contribution in [0.15, 0.2) is 60.0 Å². The molecule has 1 fully saturated rings. The highest BCUT2D eigenvalue weighted by Gasteiger charge is 2.36. The van der Waals surface area contributed by atoms with Gasteiger partial charge in [0.15, 0.2) is 16.9 Å². The summed E-state index contributed by atoms with van der Waals surface area (Å²) in [7, 11) is 4.42. The molecule has 2 atom stereocenters. The predicted octanol–water partition coefficient (Wildman–Crippen LogP) is 3.60. The van der Waals surface area contributed by atoms with Crippen molar-refractivity contribution in [2.45, 2.75) is 24.8 Å². The Morgan fingerprint density at radius 2 is 1.89 bits per heavy atom. The molecule has 0 saturated carbocycles. The van der Waals surface area contributed by atoms with Crippen LogP contribution in [0, 0.1) is 0 Å². The maximum atomic E-state index is 15.1. The van der Waals surface area contributed by atoms with E-state index >= 15 is 4.39 Å². The molecule has 3 aromatic heterocycles. The molecule has 196 valence electrons. The molecule has 1 aromatic carbocycles. The predicted molar refractivity (Wildman–Crippen MR) is 151 cm³/mol. The number of nitrogens with zero attached hydrogens (tertiary/aromatic N) is 7. The van der Waals surface area contributed by atoms with Crippen LogP contribution >= 0.6 is 9.24 Å². The zero-order valence-corrected chi connectivity index (χ0v) is 22.4. The average molecular weight is 533 g/mol. The molecule has 6 rings (SSSR count). The fraction of sp³-hybridized carbons (Fsp3) is 0.333. The van der Waals surface area contributed by atoms with Gasteiger partial charge in [0.25, 0.3) is 5.56 Å². The lowest BCUT2D eigenvalue weighted by Crippen LogP contribution is -2.44. The van der Waals surface area contributed by atoms with Crippen LogP contribution in [0.5, 0.6) is 0 Å². The number of hydrogen-bond acceptors (Lipinski definition) is 7. The molecule has 1 saturated heterocycles. The second-order valence-electron chi connectivity index (χ2n) is 9.92. The van der Waals surface area contributed by atoms with E-state index in [1.807, 2.05) is 18.2 Å². The van der Waals surface area contributed by atoms with Crippen LogP contribution in [0.2, 0.25) is 0 Å². The van der Waals surface area contributed by atoms with E-state index in [1.165, 1.54) is 16.6 Å². The summed E-state index contributed by atoms with van der Waals surface area (Å²) in [5, 5.41) is 2.01. The normalized spacial score (nSPS) is 19.6. The summed E-state index contributed by atoms with van der Waals surface area (Å²) in [6.45, 7) is 8.12. The van der Waals surface area contributed by atoms with Gasteiger partial charge in [-0.15, -0.1) is 6.58 Å². The third kappa shape index (κ3) is 4.37. The molecule has 0 radical (unpaired) electrons. The largest absolute Gasteiger partial charge is 0.369 e. The zero-order chi connectivity index (χ0) is 26.4. The van der Waals surface area contributed by atoms with E-state index in [1.54, 1.807) is 16.8 Å². The highest BCUT2D eigenvalue weighted by atomic mass is 31.0. The minimum Gasteiger partial charge on any atom is -0.369 e. The number of piperazine rings is 1. The third-order valence-corrected chi connectivity index (χ3v) is 7.86. The zero-order valence-electron chi connectivity index (χ0n) is 21.3. The second-order valence-corrected chi connectivity index (χ2v) is 10.8. The Labute approximate surface area is 222 Å². The molecule has 38 heavy (non-hydrogen) atoms. The SMILES string of the molecule is C=CCn1c(=O)c2cnc(Nc3ccc(N4CCN(C)CC4)cc3)nc2n1-c1ccc2c(n1)C(F)(P)CC2. The van der Waals surface area contributed by atoms with Crippen LogP contribution in [-0.2, 0) is 18.4 Å². The van der Waals surface area contributed by atoms with Gasteiger partial charge in [-0.2, -0.15) is 4.98 Å². The van der Waals surface area contributed by atoms with Gasteiger partial charge < -0.3 is 15.1 Å². The molecule has 0 amide bonds. The number of nitrogens with one attached hydrogen (secondary N) is 1. The number of aryl methyl sites for hydroxylation is 1. The quantitative estimate of drug-likeness (QED) is 0.300. The van der Waals surface area contributed by atoms with E-state index in [-0.39, 0.29) is 12.1 Å². The third-order valence-electron chi connectivity index (χ3n) is 7.30. The van der Waals surface area contributed by atoms with Gasteiger partial charge in [0, 0.05) is 43.8 Å². The molecule has 4 heterocycles. The van der Waals surface area contributed by atoms with Gasteiger partial charge in [-0.05, 0) is 55.8 Å². The minimum absolute atomic E-state index is 0.242. The van der Waals surface area contributed by atoms with Crippen LogP contribution in [0.4, 0.5) is 21.7 Å². The van der Waals surface area contributed by atoms with Crippen molar-refractivity contribution in [2.24, 2.45) is 0 Å². The lowest BCUT2D eigenvalue weighted by atomic mass is 10.2. The van der Waals surface area contributed by atoms with Gasteiger partial charge >= 0.3 is 0 Å². The number of halogens is 1. The first-order chi connectivity index (χ1) is 18.3. The molecule has 1 N–H and O–H groups in total. The number of likely N-dealkylation sites (N-methyl/N-ethyl adjacent to an activating group) is 1. The summed E-state index contributed by atoms with van der Waals surface area (Å²) in [5.41, 5.74) is 3.40. The molecule has 11 heteroatoms. The Bertz CT molecular complexity index is 1570. The highest BCUT2D eigenvalue weighted by molar-refractivity contribution is 7.18. The van der Waals surface area contributed by atoms with Crippen LogP contribution in [0.3, 0.4) is 0 Å². The summed E-state index contributed by atoms with van der Waals surface area (Å²) >= 11 is 0. The molecule has 1 aliphatic heterocycles. The van der Waals surface area contributed by atoms with Crippen LogP contribution in [0.1, 0.15) is 17.7 Å². The molecule has 0 bridgehead atoms. The smallest absolute Gasteiger partial charge is 0.278 e. The molecular formula is C27H30FN8OP. The Hall–Kier alpha value is -3.62. The molecule has 1 aliphatic carbocycles. The first kappa shape index (κ1) is 24.7. The number of hydrogen-bond donors (Lipinski definition) is 1. The fourth-order valence-electron chi connectivity index (χ4n) is 5.15. The van der Waals surface area contributed by atoms with Crippen molar-refractivity contribution in [1.82, 2.24) is 29.2 Å². The van der Waals surface area contributed by atoms with Crippen molar-refractivity contribution >= 4 is 37.6 Å². The van der Waals surface area contributed by atoms with Crippen LogP contribution in [-0.4, -0.2) is 62.4 Å². The molecule has 4 aromatic rings. The number of pyridine rings is 1. The number of alkyl halides is 1. The number of allylic oxidation sites excluding steroid dienone is 1. The summed E-state index contributed by atoms with van der Waals surface area (Å²) < 4.78 is 18.2. The Morgan fingerprint density at radius 3 is 2.63 bits per heavy atom. The van der Waals surface area contributed by atoms with Crippen LogP contribution < -0.4 is 15.8 Å². The van der Waals surface area contributed by atoms with E-state index in [0.29, 0.717) is 41.3 Å². The Morgan fingerprint density at radius 1 is 1.13 bits per heavy atom. The van der Waals surface area contributed by atoms with Crippen molar-refractivity contribution in [2.75, 3.05) is 43.4 Å². The van der Waals surface area contributed by atoms with E-state index in [9.17, 15) is 4.79 Å². The first-order valence-corrected chi connectivity index (χ1v) is 13.3. The Kier molecular flexibility index (Phi) is 6.24. The number of fused-ring (bicyclic) bond motifs is 2. The Balaban J connectivity index is 1.36. The van der Waals surface area contributed by atoms with Gasteiger partial charge in [0.2, 0.25) is 5.95 Å². The van der Waals surface area contributed by atoms with Gasteiger partial charge in [-0.3, -0.25) is 4.79 Å². The van der Waals surface area contributed by atoms with Crippen LogP contribution in [0.25, 0.3) is 16.9 Å².